The van der Waals surface area contributed by atoms with Gasteiger partial charge in [0.1, 0.15) is 47.1 Å². The van der Waals surface area contributed by atoms with Gasteiger partial charge in [0.05, 0.1) is 0 Å². The summed E-state index contributed by atoms with van der Waals surface area (Å²) in [7, 11) is 29.9. The molecule has 0 spiro atoms. The maximum Gasteiger partial charge on any atom is 0.108 e. The van der Waals surface area contributed by atoms with Crippen molar-refractivity contribution in [3.63, 3.8) is 0 Å². The van der Waals surface area contributed by atoms with Gasteiger partial charge in [-0.05, 0) is 10.8 Å². The van der Waals surface area contributed by atoms with Gasteiger partial charge in [-0.25, -0.2) is 0 Å². The molecule has 0 aromatic carbocycles. The molecule has 12 radical (unpaired) electrons. The van der Waals surface area contributed by atoms with Gasteiger partial charge in [-0.3, -0.25) is 0 Å². The van der Waals surface area contributed by atoms with Crippen LogP contribution >= 0.6 is 0 Å². The Balaban J connectivity index is 4.96. The van der Waals surface area contributed by atoms with Crippen molar-refractivity contribution in [3.8, 4) is 0 Å². The predicted octanol–water partition coefficient (Wildman–Crippen LogP) is -3.50. The van der Waals surface area contributed by atoms with Crippen LogP contribution in [0.15, 0.2) is 10.9 Å². The smallest absolute Gasteiger partial charge is 0.108 e. The first-order valence-corrected chi connectivity index (χ1v) is 2.93. The molecule has 0 fully saturated rings. The third kappa shape index (κ3) is 3.20. The fourth-order valence-electron chi connectivity index (χ4n) is 0.431. The summed E-state index contributed by atoms with van der Waals surface area (Å²) >= 11 is 0. The summed E-state index contributed by atoms with van der Waals surface area (Å²) in [6, 6.07) is 0. The summed E-state index contributed by atoms with van der Waals surface area (Å²) < 4.78 is 0. The highest BCUT2D eigenvalue weighted by atomic mass is 16.3. The van der Waals surface area contributed by atoms with E-state index in [-0.39, 0.29) is 0 Å². The predicted molar refractivity (Wildman–Crippen MR) is 51.4 cm³/mol. The largest absolute Gasteiger partial charge is 0.406 e. The molecule has 0 bridgehead atoms. The normalized spacial score (nSPS) is 15.5. The van der Waals surface area contributed by atoms with E-state index in [2.05, 4.69) is 0 Å². The zero-order chi connectivity index (χ0) is 10.2. The molecule has 0 amide bonds. The molecular weight excluding hydrogens is 145 g/mol. The molecule has 12 heavy (non-hydrogen) atoms. The van der Waals surface area contributed by atoms with Crippen molar-refractivity contribution >= 4 is 47.1 Å². The quantitative estimate of drug-likeness (QED) is 0.398. The minimum absolute atomic E-state index is 0.588. The molecule has 0 aliphatic rings. The highest BCUT2D eigenvalue weighted by molar-refractivity contribution is 6.53. The van der Waals surface area contributed by atoms with E-state index in [1.54, 1.807) is 0 Å². The van der Waals surface area contributed by atoms with Crippen LogP contribution in [0.1, 0.15) is 0 Å². The van der Waals surface area contributed by atoms with Crippen LogP contribution in [-0.4, -0.2) is 68.1 Å². The lowest BCUT2D eigenvalue weighted by molar-refractivity contribution is 0.239. The molecule has 0 saturated heterocycles. The van der Waals surface area contributed by atoms with Crippen molar-refractivity contribution in [2.45, 2.75) is 10.8 Å². The molecule has 8 heteroatoms. The SMILES string of the molecule is [B]/C(=C(/[B])C([B])([B])O)C([B])([B])O. The molecule has 0 aliphatic heterocycles. The zero-order valence-corrected chi connectivity index (χ0v) is 6.36. The number of rotatable bonds is 2. The van der Waals surface area contributed by atoms with Crippen molar-refractivity contribution in [1.29, 1.82) is 0 Å². The topological polar surface area (TPSA) is 40.5 Å². The summed E-state index contributed by atoms with van der Waals surface area (Å²) in [5.74, 6) is 0. The van der Waals surface area contributed by atoms with Crippen LogP contribution in [0.5, 0.6) is 0 Å². The zero-order valence-electron chi connectivity index (χ0n) is 6.36. The highest BCUT2D eigenvalue weighted by Crippen LogP contribution is 2.14. The van der Waals surface area contributed by atoms with Crippen LogP contribution in [0.3, 0.4) is 0 Å². The van der Waals surface area contributed by atoms with Crippen molar-refractivity contribution in [3.05, 3.63) is 10.9 Å². The van der Waals surface area contributed by atoms with Gasteiger partial charge in [0.25, 0.3) is 0 Å². The van der Waals surface area contributed by atoms with Crippen molar-refractivity contribution in [2.24, 2.45) is 0 Å². The maximum atomic E-state index is 8.89. The van der Waals surface area contributed by atoms with Gasteiger partial charge in [-0.2, -0.15) is 0 Å². The Labute approximate surface area is 79.6 Å². The minimum atomic E-state index is -2.35. The molecule has 2 nitrogen and oxygen atoms in total. The summed E-state index contributed by atoms with van der Waals surface area (Å²) in [4.78, 5) is 0. The van der Waals surface area contributed by atoms with Gasteiger partial charge in [0.15, 0.2) is 0 Å². The Kier molecular flexibility index (Phi) is 3.44. The molecule has 0 aliphatic carbocycles. The third-order valence-electron chi connectivity index (χ3n) is 1.15. The summed E-state index contributed by atoms with van der Waals surface area (Å²) in [5.41, 5.74) is -1.18. The van der Waals surface area contributed by atoms with Crippen LogP contribution in [0.2, 0.25) is 0 Å². The van der Waals surface area contributed by atoms with Crippen LogP contribution in [-0.2, 0) is 0 Å². The molecule has 0 saturated carbocycles. The van der Waals surface area contributed by atoms with E-state index in [0.717, 1.165) is 0 Å². The van der Waals surface area contributed by atoms with E-state index in [1.165, 1.54) is 0 Å². The molecule has 0 aromatic heterocycles. The van der Waals surface area contributed by atoms with Crippen molar-refractivity contribution in [2.75, 3.05) is 0 Å². The van der Waals surface area contributed by atoms with Gasteiger partial charge in [0.2, 0.25) is 0 Å². The standard InChI is InChI=1S/C4H2B6O2/c5-1(3(7,8)11)2(6)4(9,10)12/h11-12H/b2-1+. The first-order chi connectivity index (χ1) is 5.07. The first kappa shape index (κ1) is 12.0. The second-order valence-corrected chi connectivity index (χ2v) is 2.48. The van der Waals surface area contributed by atoms with E-state index in [0.29, 0.717) is 0 Å². The number of hydrogen-bond donors (Lipinski definition) is 2. The third-order valence-corrected chi connectivity index (χ3v) is 1.15. The number of hydrogen-bond acceptors (Lipinski definition) is 2. The monoisotopic (exact) mass is 148 g/mol. The fraction of sp³-hybridized carbons (Fsp3) is 0.500. The van der Waals surface area contributed by atoms with Gasteiger partial charge in [-0.1, -0.05) is 0 Å². The van der Waals surface area contributed by atoms with Crippen molar-refractivity contribution < 1.29 is 10.2 Å². The molecule has 48 valence electrons. The van der Waals surface area contributed by atoms with Gasteiger partial charge >= 0.3 is 0 Å². The Morgan fingerprint density at radius 3 is 1.00 bits per heavy atom. The lowest BCUT2D eigenvalue weighted by atomic mass is 9.46. The Hall–Kier alpha value is 0.0496. The lowest BCUT2D eigenvalue weighted by Gasteiger charge is -2.30. The van der Waals surface area contributed by atoms with E-state index in [1.807, 2.05) is 0 Å². The summed E-state index contributed by atoms with van der Waals surface area (Å²) in [6.07, 6.45) is 0. The van der Waals surface area contributed by atoms with Crippen molar-refractivity contribution in [1.82, 2.24) is 0 Å². The second kappa shape index (κ2) is 3.43. The van der Waals surface area contributed by atoms with Crippen LogP contribution in [0.4, 0.5) is 0 Å². The Bertz CT molecular complexity index is 177. The lowest BCUT2D eigenvalue weighted by Crippen LogP contribution is -2.40. The van der Waals surface area contributed by atoms with Crippen LogP contribution < -0.4 is 0 Å². The van der Waals surface area contributed by atoms with Gasteiger partial charge < -0.3 is 10.2 Å². The number of aliphatic hydroxyl groups is 2. The fourth-order valence-corrected chi connectivity index (χ4v) is 0.431. The molecule has 0 atom stereocenters. The van der Waals surface area contributed by atoms with E-state index in [4.69, 9.17) is 57.3 Å². The van der Waals surface area contributed by atoms with E-state index in [9.17, 15) is 0 Å². The summed E-state index contributed by atoms with van der Waals surface area (Å²) in [6.45, 7) is 0. The second-order valence-electron chi connectivity index (χ2n) is 2.48. The maximum absolute atomic E-state index is 8.89. The average Bonchev–Trinajstić information content (AvgIpc) is 1.80. The Morgan fingerprint density at radius 1 is 0.750 bits per heavy atom. The highest BCUT2D eigenvalue weighted by Gasteiger charge is 2.21. The van der Waals surface area contributed by atoms with Gasteiger partial charge in [-0.15, -0.1) is 10.9 Å². The summed E-state index contributed by atoms with van der Waals surface area (Å²) in [5, 5.41) is 13.1. The molecule has 0 aromatic rings. The van der Waals surface area contributed by atoms with Gasteiger partial charge in [0, 0.05) is 0 Å². The first-order valence-electron chi connectivity index (χ1n) is 2.93. The van der Waals surface area contributed by atoms with E-state index >= 15 is 0 Å². The van der Waals surface area contributed by atoms with E-state index < -0.39 is 21.7 Å². The average molecular weight is 147 g/mol. The molecule has 0 rings (SSSR count). The molecule has 2 N–H and O–H groups in total. The minimum Gasteiger partial charge on any atom is -0.406 e. The van der Waals surface area contributed by atoms with Crippen LogP contribution in [0, 0.1) is 0 Å². The molecule has 0 unspecified atom stereocenters. The molecule has 0 heterocycles. The molecular formula is C4H2B6O2. The van der Waals surface area contributed by atoms with Crippen LogP contribution in [0.25, 0.3) is 0 Å². The Morgan fingerprint density at radius 2 is 0.917 bits per heavy atom.